The zero-order chi connectivity index (χ0) is 10.6. The Morgan fingerprint density at radius 3 is 2.79 bits per heavy atom. The van der Waals surface area contributed by atoms with Gasteiger partial charge in [-0.15, -0.1) is 0 Å². The normalized spacial score (nSPS) is 24.1. The number of hydrogen-bond acceptors (Lipinski definition) is 4. The van der Waals surface area contributed by atoms with E-state index < -0.39 is 10.0 Å². The van der Waals surface area contributed by atoms with Gasteiger partial charge >= 0.3 is 0 Å². The fraction of sp³-hybridized carbons (Fsp3) is 1.00. The largest absolute Gasteiger partial charge is 0.378 e. The van der Waals surface area contributed by atoms with Crippen molar-refractivity contribution >= 4 is 10.0 Å². The Hall–Kier alpha value is -0.170. The van der Waals surface area contributed by atoms with Crippen LogP contribution in [0.4, 0.5) is 0 Å². The molecule has 1 heterocycles. The third-order valence-electron chi connectivity index (χ3n) is 2.32. The number of likely N-dealkylation sites (N-methyl/N-ethyl adjacent to an activating group) is 1. The summed E-state index contributed by atoms with van der Waals surface area (Å²) < 4.78 is 29.5. The minimum Gasteiger partial charge on any atom is -0.378 e. The van der Waals surface area contributed by atoms with Gasteiger partial charge in [-0.25, -0.2) is 12.7 Å². The molecule has 6 heteroatoms. The first-order valence-corrected chi connectivity index (χ1v) is 6.42. The van der Waals surface area contributed by atoms with Crippen molar-refractivity contribution in [3.63, 3.8) is 0 Å². The van der Waals surface area contributed by atoms with Crippen LogP contribution in [-0.4, -0.2) is 57.9 Å². The lowest BCUT2D eigenvalue weighted by Crippen LogP contribution is -2.48. The minimum absolute atomic E-state index is 0.120. The van der Waals surface area contributed by atoms with Crippen LogP contribution in [0.25, 0.3) is 0 Å². The van der Waals surface area contributed by atoms with Crippen LogP contribution >= 0.6 is 0 Å². The highest BCUT2D eigenvalue weighted by molar-refractivity contribution is 7.89. The van der Waals surface area contributed by atoms with Crippen molar-refractivity contribution < 1.29 is 13.2 Å². The number of sulfonamides is 1. The van der Waals surface area contributed by atoms with Crippen molar-refractivity contribution in [2.24, 2.45) is 0 Å². The lowest BCUT2D eigenvalue weighted by Gasteiger charge is -2.27. The van der Waals surface area contributed by atoms with E-state index in [2.05, 4.69) is 5.32 Å². The van der Waals surface area contributed by atoms with E-state index in [1.54, 1.807) is 14.0 Å². The van der Waals surface area contributed by atoms with Crippen molar-refractivity contribution in [1.29, 1.82) is 0 Å². The van der Waals surface area contributed by atoms with Crippen LogP contribution in [0.3, 0.4) is 0 Å². The molecule has 5 nitrogen and oxygen atoms in total. The second-order valence-corrected chi connectivity index (χ2v) is 5.77. The Bertz CT molecular complexity index is 260. The van der Waals surface area contributed by atoms with Gasteiger partial charge in [0.1, 0.15) is 0 Å². The first-order valence-electron chi connectivity index (χ1n) is 4.81. The SMILES string of the molecule is CCS(=O)(=O)N(C)CC1COCCN1. The second kappa shape index (κ2) is 5.06. The van der Waals surface area contributed by atoms with Gasteiger partial charge in [0.2, 0.25) is 10.0 Å². The molecule has 0 aromatic rings. The first-order chi connectivity index (χ1) is 6.56. The lowest BCUT2D eigenvalue weighted by molar-refractivity contribution is 0.0721. The molecule has 0 radical (unpaired) electrons. The number of nitrogens with zero attached hydrogens (tertiary/aromatic N) is 1. The minimum atomic E-state index is -3.06. The monoisotopic (exact) mass is 222 g/mol. The Labute approximate surface area is 85.5 Å². The molecule has 0 bridgehead atoms. The highest BCUT2D eigenvalue weighted by Crippen LogP contribution is 2.01. The third-order valence-corrected chi connectivity index (χ3v) is 4.14. The average molecular weight is 222 g/mol. The maximum absolute atomic E-state index is 11.4. The molecule has 0 aliphatic carbocycles. The summed E-state index contributed by atoms with van der Waals surface area (Å²) in [4.78, 5) is 0. The zero-order valence-electron chi connectivity index (χ0n) is 8.69. The Balaban J connectivity index is 2.43. The molecular weight excluding hydrogens is 204 g/mol. The summed E-state index contributed by atoms with van der Waals surface area (Å²) in [7, 11) is -1.45. The quantitative estimate of drug-likeness (QED) is 0.680. The fourth-order valence-electron chi connectivity index (χ4n) is 1.38. The van der Waals surface area contributed by atoms with E-state index in [0.29, 0.717) is 19.8 Å². The maximum atomic E-state index is 11.4. The van der Waals surface area contributed by atoms with Gasteiger partial charge < -0.3 is 10.1 Å². The Morgan fingerprint density at radius 2 is 2.29 bits per heavy atom. The Morgan fingerprint density at radius 1 is 1.57 bits per heavy atom. The highest BCUT2D eigenvalue weighted by atomic mass is 32.2. The van der Waals surface area contributed by atoms with Crippen molar-refractivity contribution in [3.05, 3.63) is 0 Å². The van der Waals surface area contributed by atoms with E-state index in [1.165, 1.54) is 4.31 Å². The molecule has 1 aliphatic rings. The maximum Gasteiger partial charge on any atom is 0.213 e. The van der Waals surface area contributed by atoms with Crippen LogP contribution in [-0.2, 0) is 14.8 Å². The van der Waals surface area contributed by atoms with E-state index in [4.69, 9.17) is 4.74 Å². The van der Waals surface area contributed by atoms with Gasteiger partial charge in [0, 0.05) is 26.2 Å². The van der Waals surface area contributed by atoms with E-state index >= 15 is 0 Å². The van der Waals surface area contributed by atoms with Crippen molar-refractivity contribution in [1.82, 2.24) is 9.62 Å². The standard InChI is InChI=1S/C8H18N2O3S/c1-3-14(11,12)10(2)6-8-7-13-5-4-9-8/h8-9H,3-7H2,1-2H3. The summed E-state index contributed by atoms with van der Waals surface area (Å²) in [6.07, 6.45) is 0. The number of morpholine rings is 1. The molecule has 1 rings (SSSR count). The summed E-state index contributed by atoms with van der Waals surface area (Å²) in [6, 6.07) is 0.120. The zero-order valence-corrected chi connectivity index (χ0v) is 9.51. The van der Waals surface area contributed by atoms with Crippen LogP contribution in [0.5, 0.6) is 0 Å². The molecule has 1 N–H and O–H groups in total. The molecule has 14 heavy (non-hydrogen) atoms. The molecular formula is C8H18N2O3S. The summed E-state index contributed by atoms with van der Waals surface area (Å²) in [5, 5.41) is 3.22. The van der Waals surface area contributed by atoms with Gasteiger partial charge in [-0.2, -0.15) is 0 Å². The highest BCUT2D eigenvalue weighted by Gasteiger charge is 2.21. The van der Waals surface area contributed by atoms with E-state index in [0.717, 1.165) is 6.54 Å². The Kier molecular flexibility index (Phi) is 4.31. The van der Waals surface area contributed by atoms with E-state index in [9.17, 15) is 8.42 Å². The van der Waals surface area contributed by atoms with Gasteiger partial charge in [0.15, 0.2) is 0 Å². The molecule has 0 saturated carbocycles. The first kappa shape index (κ1) is 11.9. The fourth-order valence-corrected chi connectivity index (χ4v) is 2.23. The summed E-state index contributed by atoms with van der Waals surface area (Å²) >= 11 is 0. The van der Waals surface area contributed by atoms with Crippen LogP contribution in [0.1, 0.15) is 6.92 Å². The number of rotatable bonds is 4. The van der Waals surface area contributed by atoms with Crippen molar-refractivity contribution in [2.75, 3.05) is 39.1 Å². The molecule has 0 spiro atoms. The predicted molar refractivity (Wildman–Crippen MR) is 54.7 cm³/mol. The summed E-state index contributed by atoms with van der Waals surface area (Å²) in [5.41, 5.74) is 0. The summed E-state index contributed by atoms with van der Waals surface area (Å²) in [5.74, 6) is 0.150. The van der Waals surface area contributed by atoms with Crippen LogP contribution in [0.15, 0.2) is 0 Å². The molecule has 0 amide bonds. The number of ether oxygens (including phenoxy) is 1. The average Bonchev–Trinajstić information content (AvgIpc) is 2.19. The molecule has 1 unspecified atom stereocenters. The molecule has 1 saturated heterocycles. The molecule has 1 atom stereocenters. The molecule has 0 aromatic heterocycles. The van der Waals surface area contributed by atoms with Gasteiger partial charge in [-0.3, -0.25) is 0 Å². The number of hydrogen-bond donors (Lipinski definition) is 1. The molecule has 1 fully saturated rings. The van der Waals surface area contributed by atoms with Crippen LogP contribution in [0, 0.1) is 0 Å². The number of nitrogens with one attached hydrogen (secondary N) is 1. The van der Waals surface area contributed by atoms with Crippen molar-refractivity contribution in [3.8, 4) is 0 Å². The molecule has 84 valence electrons. The van der Waals surface area contributed by atoms with Crippen LogP contribution in [0.2, 0.25) is 0 Å². The lowest BCUT2D eigenvalue weighted by atomic mass is 10.3. The van der Waals surface area contributed by atoms with Crippen LogP contribution < -0.4 is 5.32 Å². The smallest absolute Gasteiger partial charge is 0.213 e. The van der Waals surface area contributed by atoms with E-state index in [1.807, 2.05) is 0 Å². The second-order valence-electron chi connectivity index (χ2n) is 3.41. The topological polar surface area (TPSA) is 58.6 Å². The van der Waals surface area contributed by atoms with Gasteiger partial charge in [-0.05, 0) is 6.92 Å². The molecule has 0 aromatic carbocycles. The van der Waals surface area contributed by atoms with Gasteiger partial charge in [0.05, 0.1) is 19.0 Å². The van der Waals surface area contributed by atoms with Gasteiger partial charge in [0.25, 0.3) is 0 Å². The third kappa shape index (κ3) is 3.20. The molecule has 1 aliphatic heterocycles. The van der Waals surface area contributed by atoms with Gasteiger partial charge in [-0.1, -0.05) is 0 Å². The van der Waals surface area contributed by atoms with E-state index in [-0.39, 0.29) is 11.8 Å². The summed E-state index contributed by atoms with van der Waals surface area (Å²) in [6.45, 7) is 4.22. The predicted octanol–water partition coefficient (Wildman–Crippen LogP) is -0.744. The van der Waals surface area contributed by atoms with Crippen molar-refractivity contribution in [2.45, 2.75) is 13.0 Å².